The lowest BCUT2D eigenvalue weighted by molar-refractivity contribution is -0.122. The number of amides is 1. The third kappa shape index (κ3) is 5.91. The molecule has 4 rings (SSSR count). The van der Waals surface area contributed by atoms with Crippen molar-refractivity contribution in [2.75, 3.05) is 55.6 Å². The monoisotopic (exact) mass is 444 g/mol. The van der Waals surface area contributed by atoms with Gasteiger partial charge < -0.3 is 15.1 Å². The maximum atomic E-state index is 13.4. The van der Waals surface area contributed by atoms with E-state index in [1.807, 2.05) is 42.2 Å². The van der Waals surface area contributed by atoms with Crippen LogP contribution in [0, 0.1) is 6.92 Å². The lowest BCUT2D eigenvalue weighted by Gasteiger charge is -2.36. The van der Waals surface area contributed by atoms with Crippen molar-refractivity contribution in [3.05, 3.63) is 47.8 Å². The number of alkyl halides is 2. The van der Waals surface area contributed by atoms with Crippen molar-refractivity contribution in [3.63, 3.8) is 0 Å². The molecule has 3 heterocycles. The maximum Gasteiger partial charge on any atom is 0.251 e. The van der Waals surface area contributed by atoms with Crippen molar-refractivity contribution in [1.82, 2.24) is 20.2 Å². The highest BCUT2D eigenvalue weighted by Gasteiger charge is 2.34. The number of halogens is 2. The lowest BCUT2D eigenvalue weighted by Crippen LogP contribution is -2.49. The second kappa shape index (κ2) is 9.77. The van der Waals surface area contributed by atoms with Crippen molar-refractivity contribution in [1.29, 1.82) is 0 Å². The van der Waals surface area contributed by atoms with Crippen LogP contribution in [0.15, 0.2) is 36.7 Å². The average molecular weight is 445 g/mol. The summed E-state index contributed by atoms with van der Waals surface area (Å²) in [6.07, 6.45) is 1.22. The topological polar surface area (TPSA) is 64.6 Å². The Kier molecular flexibility index (Phi) is 6.83. The highest BCUT2D eigenvalue weighted by Crippen LogP contribution is 2.30. The Morgan fingerprint density at radius 1 is 0.969 bits per heavy atom. The number of hydrogen-bond acceptors (Lipinski definition) is 6. The normalized spacial score (nSPS) is 19.1. The molecule has 0 bridgehead atoms. The van der Waals surface area contributed by atoms with Crippen LogP contribution in [0.1, 0.15) is 24.0 Å². The summed E-state index contributed by atoms with van der Waals surface area (Å²) in [6, 6.07) is 10.0. The molecule has 2 aliphatic rings. The second-order valence-corrected chi connectivity index (χ2v) is 8.60. The highest BCUT2D eigenvalue weighted by atomic mass is 19.3. The number of aromatic nitrogens is 2. The van der Waals surface area contributed by atoms with Gasteiger partial charge in [0.15, 0.2) is 0 Å². The minimum atomic E-state index is -2.57. The number of nitrogens with one attached hydrogen (secondary N) is 1. The third-order valence-corrected chi connectivity index (χ3v) is 6.13. The fourth-order valence-corrected chi connectivity index (χ4v) is 4.05. The van der Waals surface area contributed by atoms with E-state index in [1.54, 1.807) is 0 Å². The van der Waals surface area contributed by atoms with Gasteiger partial charge in [-0.15, -0.1) is 0 Å². The predicted octanol–water partition coefficient (Wildman–Crippen LogP) is 2.46. The standard InChI is InChI=1S/C23H30F2N6O/c1-18-2-4-19(5-3-18)15-26-22(32)16-29-10-12-31(13-11-29)21-14-20(27-17-28-21)30-8-6-23(24,25)7-9-30/h2-5,14,17H,6-13,15-16H2,1H3,(H,26,32). The molecule has 2 fully saturated rings. The number of rotatable bonds is 6. The average Bonchev–Trinajstić information content (AvgIpc) is 2.79. The Morgan fingerprint density at radius 3 is 2.19 bits per heavy atom. The molecule has 2 aromatic rings. The van der Waals surface area contributed by atoms with Gasteiger partial charge in [-0.1, -0.05) is 29.8 Å². The van der Waals surface area contributed by atoms with Crippen LogP contribution in [0.3, 0.4) is 0 Å². The Labute approximate surface area is 187 Å². The molecule has 172 valence electrons. The Balaban J connectivity index is 1.24. The van der Waals surface area contributed by atoms with E-state index in [1.165, 1.54) is 11.9 Å². The summed E-state index contributed by atoms with van der Waals surface area (Å²) in [5.41, 5.74) is 2.29. The Bertz CT molecular complexity index is 905. The summed E-state index contributed by atoms with van der Waals surface area (Å²) >= 11 is 0. The van der Waals surface area contributed by atoms with E-state index in [-0.39, 0.29) is 18.7 Å². The van der Waals surface area contributed by atoms with Gasteiger partial charge in [-0.25, -0.2) is 18.7 Å². The zero-order valence-electron chi connectivity index (χ0n) is 18.4. The number of anilines is 2. The second-order valence-electron chi connectivity index (χ2n) is 8.60. The zero-order valence-corrected chi connectivity index (χ0v) is 18.4. The summed E-state index contributed by atoms with van der Waals surface area (Å²) in [4.78, 5) is 27.2. The van der Waals surface area contributed by atoms with Crippen molar-refractivity contribution >= 4 is 17.5 Å². The fourth-order valence-electron chi connectivity index (χ4n) is 4.05. The molecule has 32 heavy (non-hydrogen) atoms. The predicted molar refractivity (Wildman–Crippen MR) is 120 cm³/mol. The van der Waals surface area contributed by atoms with Gasteiger partial charge in [0.05, 0.1) is 6.54 Å². The molecule has 1 aromatic carbocycles. The van der Waals surface area contributed by atoms with Gasteiger partial charge in [-0.3, -0.25) is 9.69 Å². The minimum absolute atomic E-state index is 0.0187. The molecule has 7 nitrogen and oxygen atoms in total. The number of carbonyl (C=O) groups is 1. The van der Waals surface area contributed by atoms with Crippen LogP contribution in [0.2, 0.25) is 0 Å². The SMILES string of the molecule is Cc1ccc(CNC(=O)CN2CCN(c3cc(N4CCC(F)(F)CC4)ncn3)CC2)cc1. The molecule has 9 heteroatoms. The van der Waals surface area contributed by atoms with E-state index in [0.717, 1.165) is 37.6 Å². The zero-order chi connectivity index (χ0) is 22.6. The van der Waals surface area contributed by atoms with E-state index in [0.29, 0.717) is 32.0 Å². The van der Waals surface area contributed by atoms with Crippen LogP contribution in [-0.4, -0.2) is 72.5 Å². The van der Waals surface area contributed by atoms with Crippen LogP contribution in [0.4, 0.5) is 20.4 Å². The molecule has 0 radical (unpaired) electrons. The van der Waals surface area contributed by atoms with E-state index < -0.39 is 5.92 Å². The summed E-state index contributed by atoms with van der Waals surface area (Å²) in [6.45, 7) is 6.56. The molecule has 1 aromatic heterocycles. The van der Waals surface area contributed by atoms with Gasteiger partial charge in [-0.05, 0) is 12.5 Å². The molecule has 2 aliphatic heterocycles. The molecule has 0 saturated carbocycles. The van der Waals surface area contributed by atoms with Crippen molar-refractivity contribution < 1.29 is 13.6 Å². The van der Waals surface area contributed by atoms with Crippen molar-refractivity contribution in [3.8, 4) is 0 Å². The summed E-state index contributed by atoms with van der Waals surface area (Å²) in [5.74, 6) is -1.06. The number of benzene rings is 1. The van der Waals surface area contributed by atoms with Gasteiger partial charge in [-0.2, -0.15) is 0 Å². The lowest BCUT2D eigenvalue weighted by atomic mass is 10.1. The molecule has 0 spiro atoms. The van der Waals surface area contributed by atoms with Crippen LogP contribution in [0.25, 0.3) is 0 Å². The van der Waals surface area contributed by atoms with Crippen molar-refractivity contribution in [2.45, 2.75) is 32.2 Å². The summed E-state index contributed by atoms with van der Waals surface area (Å²) in [5, 5.41) is 2.98. The number of hydrogen-bond donors (Lipinski definition) is 1. The molecule has 0 unspecified atom stereocenters. The number of carbonyl (C=O) groups excluding carboxylic acids is 1. The van der Waals surface area contributed by atoms with E-state index >= 15 is 0 Å². The van der Waals surface area contributed by atoms with Gasteiger partial charge in [0, 0.05) is 64.7 Å². The first-order valence-electron chi connectivity index (χ1n) is 11.1. The smallest absolute Gasteiger partial charge is 0.251 e. The van der Waals surface area contributed by atoms with Crippen LogP contribution in [0.5, 0.6) is 0 Å². The van der Waals surface area contributed by atoms with Gasteiger partial charge in [0.2, 0.25) is 5.91 Å². The molecule has 2 saturated heterocycles. The third-order valence-electron chi connectivity index (χ3n) is 6.13. The Morgan fingerprint density at radius 2 is 1.56 bits per heavy atom. The van der Waals surface area contributed by atoms with Crippen LogP contribution in [-0.2, 0) is 11.3 Å². The van der Waals surface area contributed by atoms with Gasteiger partial charge in [0.1, 0.15) is 18.0 Å². The maximum absolute atomic E-state index is 13.4. The first kappa shape index (κ1) is 22.4. The van der Waals surface area contributed by atoms with E-state index in [9.17, 15) is 13.6 Å². The minimum Gasteiger partial charge on any atom is -0.356 e. The first-order valence-corrected chi connectivity index (χ1v) is 11.1. The molecule has 1 N–H and O–H groups in total. The molecule has 0 atom stereocenters. The quantitative estimate of drug-likeness (QED) is 0.739. The molecular weight excluding hydrogens is 414 g/mol. The molecule has 1 amide bonds. The Hall–Kier alpha value is -2.81. The van der Waals surface area contributed by atoms with Crippen LogP contribution >= 0.6 is 0 Å². The van der Waals surface area contributed by atoms with E-state index in [4.69, 9.17) is 0 Å². The molecular formula is C23H30F2N6O. The fraction of sp³-hybridized carbons (Fsp3) is 0.522. The van der Waals surface area contributed by atoms with Gasteiger partial charge >= 0.3 is 0 Å². The molecule has 0 aliphatic carbocycles. The van der Waals surface area contributed by atoms with Crippen LogP contribution < -0.4 is 15.1 Å². The number of nitrogens with zero attached hydrogens (tertiary/aromatic N) is 5. The van der Waals surface area contributed by atoms with Gasteiger partial charge in [0.25, 0.3) is 5.92 Å². The van der Waals surface area contributed by atoms with E-state index in [2.05, 4.69) is 25.1 Å². The largest absolute Gasteiger partial charge is 0.356 e. The number of aryl methyl sites for hydroxylation is 1. The number of piperidine rings is 1. The summed E-state index contributed by atoms with van der Waals surface area (Å²) < 4.78 is 26.9. The highest BCUT2D eigenvalue weighted by molar-refractivity contribution is 5.78. The number of piperazine rings is 1. The van der Waals surface area contributed by atoms with Crippen molar-refractivity contribution in [2.24, 2.45) is 0 Å². The summed E-state index contributed by atoms with van der Waals surface area (Å²) in [7, 11) is 0. The first-order chi connectivity index (χ1) is 15.4.